The Bertz CT molecular complexity index is 433. The molecule has 3 aliphatic rings. The zero-order valence-corrected chi connectivity index (χ0v) is 13.1. The Morgan fingerprint density at radius 1 is 1.24 bits per heavy atom. The summed E-state index contributed by atoms with van der Waals surface area (Å²) in [5.41, 5.74) is -0.714. The van der Waals surface area contributed by atoms with Gasteiger partial charge in [-0.3, -0.25) is 9.69 Å². The number of urea groups is 1. The monoisotopic (exact) mass is 294 g/mol. The first-order valence-electron chi connectivity index (χ1n) is 8.26. The minimum Gasteiger partial charge on any atom is -0.382 e. The Kier molecular flexibility index (Phi) is 3.95. The number of fused-ring (bicyclic) bond motifs is 1. The molecule has 3 amide bonds. The van der Waals surface area contributed by atoms with Crippen LogP contribution in [0.15, 0.2) is 0 Å². The topological polar surface area (TPSA) is 49.9 Å². The van der Waals surface area contributed by atoms with Crippen LogP contribution in [-0.4, -0.2) is 53.6 Å². The molecular weight excluding hydrogens is 268 g/mol. The summed E-state index contributed by atoms with van der Waals surface area (Å²) in [6.45, 7) is 3.06. The Labute approximate surface area is 126 Å². The molecule has 3 rings (SSSR count). The number of hydrogen-bond acceptors (Lipinski definition) is 3. The van der Waals surface area contributed by atoms with E-state index in [4.69, 9.17) is 4.74 Å². The number of imide groups is 1. The molecule has 2 unspecified atom stereocenters. The lowest BCUT2D eigenvalue weighted by Gasteiger charge is -2.33. The van der Waals surface area contributed by atoms with Crippen molar-refractivity contribution in [3.63, 3.8) is 0 Å². The number of hydrogen-bond donors (Lipinski definition) is 0. The number of rotatable bonds is 4. The number of nitrogens with zero attached hydrogens (tertiary/aromatic N) is 2. The predicted molar refractivity (Wildman–Crippen MR) is 78.8 cm³/mol. The van der Waals surface area contributed by atoms with E-state index in [1.807, 2.05) is 0 Å². The first-order chi connectivity index (χ1) is 10.1. The molecule has 1 saturated carbocycles. The fourth-order valence-electron chi connectivity index (χ4n) is 4.46. The van der Waals surface area contributed by atoms with E-state index in [0.29, 0.717) is 19.1 Å². The van der Waals surface area contributed by atoms with Gasteiger partial charge in [-0.25, -0.2) is 4.79 Å². The van der Waals surface area contributed by atoms with Gasteiger partial charge in [0.25, 0.3) is 5.91 Å². The lowest BCUT2D eigenvalue weighted by Crippen LogP contribution is -2.50. The summed E-state index contributed by atoms with van der Waals surface area (Å²) in [6.07, 6.45) is 7.62. The number of amides is 3. The van der Waals surface area contributed by atoms with Crippen molar-refractivity contribution in [1.29, 1.82) is 0 Å². The highest BCUT2D eigenvalue weighted by atomic mass is 16.5. The molecule has 21 heavy (non-hydrogen) atoms. The number of methoxy groups -OCH3 is 1. The molecule has 118 valence electrons. The van der Waals surface area contributed by atoms with Crippen LogP contribution >= 0.6 is 0 Å². The maximum atomic E-state index is 13.0. The first-order valence-corrected chi connectivity index (χ1v) is 8.26. The Morgan fingerprint density at radius 3 is 2.62 bits per heavy atom. The molecule has 0 aromatic heterocycles. The lowest BCUT2D eigenvalue weighted by molar-refractivity contribution is -0.136. The highest BCUT2D eigenvalue weighted by Crippen LogP contribution is 2.41. The Morgan fingerprint density at radius 2 is 1.95 bits per heavy atom. The van der Waals surface area contributed by atoms with E-state index in [1.54, 1.807) is 16.9 Å². The molecule has 0 N–H and O–H groups in total. The average molecular weight is 294 g/mol. The van der Waals surface area contributed by atoms with E-state index in [9.17, 15) is 9.59 Å². The zero-order valence-electron chi connectivity index (χ0n) is 13.1. The fraction of sp³-hybridized carbons (Fsp3) is 0.875. The summed E-state index contributed by atoms with van der Waals surface area (Å²) in [5.74, 6) is 0.441. The van der Waals surface area contributed by atoms with E-state index in [2.05, 4.69) is 6.92 Å². The van der Waals surface area contributed by atoms with Crippen molar-refractivity contribution < 1.29 is 14.3 Å². The minimum absolute atomic E-state index is 0.0182. The van der Waals surface area contributed by atoms with Crippen LogP contribution < -0.4 is 0 Å². The van der Waals surface area contributed by atoms with Crippen molar-refractivity contribution in [3.8, 4) is 0 Å². The normalized spacial score (nSPS) is 31.9. The third-order valence-corrected chi connectivity index (χ3v) is 5.67. The summed E-state index contributed by atoms with van der Waals surface area (Å²) in [5, 5.41) is 0. The first kappa shape index (κ1) is 14.8. The summed E-state index contributed by atoms with van der Waals surface area (Å²) in [7, 11) is 1.61. The third-order valence-electron chi connectivity index (χ3n) is 5.67. The van der Waals surface area contributed by atoms with E-state index in [1.165, 1.54) is 19.3 Å². The van der Waals surface area contributed by atoms with Gasteiger partial charge in [-0.15, -0.1) is 0 Å². The Balaban J connectivity index is 1.83. The van der Waals surface area contributed by atoms with Gasteiger partial charge in [0.15, 0.2) is 0 Å². The van der Waals surface area contributed by atoms with Gasteiger partial charge in [-0.05, 0) is 38.5 Å². The van der Waals surface area contributed by atoms with Crippen molar-refractivity contribution in [2.75, 3.05) is 20.3 Å². The van der Waals surface area contributed by atoms with Crippen molar-refractivity contribution >= 4 is 11.9 Å². The van der Waals surface area contributed by atoms with Crippen LogP contribution in [0.1, 0.15) is 51.9 Å². The lowest BCUT2D eigenvalue weighted by atomic mass is 9.83. The van der Waals surface area contributed by atoms with Gasteiger partial charge in [-0.2, -0.15) is 0 Å². The van der Waals surface area contributed by atoms with Gasteiger partial charge >= 0.3 is 6.03 Å². The zero-order chi connectivity index (χ0) is 15.0. The highest BCUT2D eigenvalue weighted by Gasteiger charge is 2.60. The molecule has 0 bridgehead atoms. The van der Waals surface area contributed by atoms with Gasteiger partial charge in [0.1, 0.15) is 5.54 Å². The number of carbonyl (C=O) groups is 2. The molecule has 0 radical (unpaired) electrons. The van der Waals surface area contributed by atoms with Gasteiger partial charge < -0.3 is 9.64 Å². The second-order valence-corrected chi connectivity index (χ2v) is 6.82. The van der Waals surface area contributed by atoms with Gasteiger partial charge in [-0.1, -0.05) is 19.3 Å². The highest BCUT2D eigenvalue weighted by molar-refractivity contribution is 6.07. The van der Waals surface area contributed by atoms with Crippen LogP contribution in [0, 0.1) is 5.92 Å². The largest absolute Gasteiger partial charge is 0.382 e. The maximum Gasteiger partial charge on any atom is 0.328 e. The average Bonchev–Trinajstić information content (AvgIpc) is 3.00. The molecule has 0 aromatic carbocycles. The van der Waals surface area contributed by atoms with E-state index in [0.717, 1.165) is 25.7 Å². The SMILES string of the molecule is COCC12CCCN1C(=O)N(C(C)C1CCCCC1)C2=O. The molecule has 5 nitrogen and oxygen atoms in total. The van der Waals surface area contributed by atoms with Crippen LogP contribution in [0.4, 0.5) is 4.79 Å². The second kappa shape index (κ2) is 5.59. The molecule has 0 spiro atoms. The third kappa shape index (κ3) is 2.17. The smallest absolute Gasteiger partial charge is 0.328 e. The molecule has 2 atom stereocenters. The van der Waals surface area contributed by atoms with Gasteiger partial charge in [0, 0.05) is 19.7 Å². The van der Waals surface area contributed by atoms with Crippen LogP contribution in [0.25, 0.3) is 0 Å². The van der Waals surface area contributed by atoms with Crippen LogP contribution in [-0.2, 0) is 9.53 Å². The molecule has 2 saturated heterocycles. The van der Waals surface area contributed by atoms with Gasteiger partial charge in [0.2, 0.25) is 0 Å². The van der Waals surface area contributed by atoms with Crippen LogP contribution in [0.5, 0.6) is 0 Å². The van der Waals surface area contributed by atoms with Crippen molar-refractivity contribution in [1.82, 2.24) is 9.80 Å². The van der Waals surface area contributed by atoms with Crippen molar-refractivity contribution in [3.05, 3.63) is 0 Å². The van der Waals surface area contributed by atoms with Crippen molar-refractivity contribution in [2.24, 2.45) is 5.92 Å². The van der Waals surface area contributed by atoms with Crippen LogP contribution in [0.2, 0.25) is 0 Å². The molecule has 5 heteroatoms. The van der Waals surface area contributed by atoms with Crippen LogP contribution in [0.3, 0.4) is 0 Å². The van der Waals surface area contributed by atoms with E-state index >= 15 is 0 Å². The number of carbonyl (C=O) groups excluding carboxylic acids is 2. The molecule has 3 fully saturated rings. The number of ether oxygens (including phenoxy) is 1. The molecule has 2 heterocycles. The van der Waals surface area contributed by atoms with Gasteiger partial charge in [0.05, 0.1) is 6.61 Å². The molecule has 0 aromatic rings. The second-order valence-electron chi connectivity index (χ2n) is 6.82. The summed E-state index contributed by atoms with van der Waals surface area (Å²) in [4.78, 5) is 29.0. The van der Waals surface area contributed by atoms with E-state index in [-0.39, 0.29) is 18.0 Å². The predicted octanol–water partition coefficient (Wildman–Crippen LogP) is 2.40. The van der Waals surface area contributed by atoms with Crippen molar-refractivity contribution in [2.45, 2.75) is 63.5 Å². The maximum absolute atomic E-state index is 13.0. The summed E-state index contributed by atoms with van der Waals surface area (Å²) >= 11 is 0. The summed E-state index contributed by atoms with van der Waals surface area (Å²) < 4.78 is 5.28. The summed E-state index contributed by atoms with van der Waals surface area (Å²) in [6, 6.07) is -0.0720. The molecular formula is C16H26N2O3. The Hall–Kier alpha value is -1.10. The quantitative estimate of drug-likeness (QED) is 0.748. The molecule has 2 aliphatic heterocycles. The fourth-order valence-corrected chi connectivity index (χ4v) is 4.46. The standard InChI is InChI=1S/C16H26N2O3/c1-12(13-7-4-3-5-8-13)18-14(19)16(11-21-2)9-6-10-17(16)15(18)20/h12-13H,3-11H2,1-2H3. The molecule has 1 aliphatic carbocycles. The minimum atomic E-state index is -0.714. The van der Waals surface area contributed by atoms with E-state index < -0.39 is 5.54 Å².